The molecule has 4 N–H and O–H groups in total. The molecular formula is C15H16N2O3S. The molecule has 0 aliphatic rings. The van der Waals surface area contributed by atoms with Gasteiger partial charge >= 0.3 is 0 Å². The van der Waals surface area contributed by atoms with Crippen LogP contribution in [0.25, 0.3) is 0 Å². The van der Waals surface area contributed by atoms with Crippen LogP contribution in [0.4, 0.5) is 0 Å². The van der Waals surface area contributed by atoms with Crippen molar-refractivity contribution in [3.05, 3.63) is 54.1 Å². The molecule has 0 heterocycles. The predicted octanol–water partition coefficient (Wildman–Crippen LogP) is 2.17. The Hall–Kier alpha value is -2.18. The molecule has 110 valence electrons. The average molecular weight is 304 g/mol. The Morgan fingerprint density at radius 3 is 2.81 bits per heavy atom. The lowest BCUT2D eigenvalue weighted by atomic mass is 10.2. The maximum Gasteiger partial charge on any atom is 0.265 e. The molecule has 0 atom stereocenters. The van der Waals surface area contributed by atoms with Crippen molar-refractivity contribution in [3.8, 4) is 11.5 Å². The van der Waals surface area contributed by atoms with Crippen LogP contribution in [0.1, 0.15) is 10.4 Å². The van der Waals surface area contributed by atoms with Gasteiger partial charge in [0.25, 0.3) is 5.91 Å². The number of phenols is 1. The van der Waals surface area contributed by atoms with E-state index in [2.05, 4.69) is 5.43 Å². The number of aromatic hydroxyl groups is 1. The molecule has 0 aliphatic heterocycles. The summed E-state index contributed by atoms with van der Waals surface area (Å²) in [7, 11) is 0. The SMILES string of the molecule is NNC(=O)c1cccc(OCCSc2cccc(O)c2)c1. The molecule has 2 aromatic rings. The van der Waals surface area contributed by atoms with Gasteiger partial charge in [0, 0.05) is 16.2 Å². The fraction of sp³-hybridized carbons (Fsp3) is 0.133. The summed E-state index contributed by atoms with van der Waals surface area (Å²) in [6, 6.07) is 13.9. The van der Waals surface area contributed by atoms with E-state index in [4.69, 9.17) is 10.6 Å². The van der Waals surface area contributed by atoms with Gasteiger partial charge in [-0.3, -0.25) is 10.2 Å². The number of hydrogen-bond donors (Lipinski definition) is 3. The molecule has 0 aliphatic carbocycles. The number of rotatable bonds is 6. The Morgan fingerprint density at radius 1 is 1.24 bits per heavy atom. The second-order valence-electron chi connectivity index (χ2n) is 4.20. The molecule has 0 saturated carbocycles. The smallest absolute Gasteiger partial charge is 0.265 e. The van der Waals surface area contributed by atoms with Crippen LogP contribution < -0.4 is 16.0 Å². The predicted molar refractivity (Wildman–Crippen MR) is 82.4 cm³/mol. The summed E-state index contributed by atoms with van der Waals surface area (Å²) in [5, 5.41) is 9.36. The molecule has 1 amide bonds. The lowest BCUT2D eigenvalue weighted by Crippen LogP contribution is -2.29. The summed E-state index contributed by atoms with van der Waals surface area (Å²) >= 11 is 1.58. The Kier molecular flexibility index (Phi) is 5.48. The van der Waals surface area contributed by atoms with Crippen molar-refractivity contribution in [2.75, 3.05) is 12.4 Å². The summed E-state index contributed by atoms with van der Waals surface area (Å²) < 4.78 is 5.59. The number of ether oxygens (including phenoxy) is 1. The topological polar surface area (TPSA) is 84.6 Å². The molecule has 0 unspecified atom stereocenters. The van der Waals surface area contributed by atoms with Gasteiger partial charge in [0.1, 0.15) is 11.5 Å². The summed E-state index contributed by atoms with van der Waals surface area (Å²) in [6.45, 7) is 0.494. The van der Waals surface area contributed by atoms with Gasteiger partial charge in [-0.2, -0.15) is 0 Å². The van der Waals surface area contributed by atoms with Gasteiger partial charge in [0.2, 0.25) is 0 Å². The molecule has 6 heteroatoms. The normalized spacial score (nSPS) is 10.1. The molecule has 21 heavy (non-hydrogen) atoms. The van der Waals surface area contributed by atoms with Crippen LogP contribution in [-0.4, -0.2) is 23.4 Å². The van der Waals surface area contributed by atoms with Crippen molar-refractivity contribution < 1.29 is 14.6 Å². The number of carbonyl (C=O) groups excluding carboxylic acids is 1. The highest BCUT2D eigenvalue weighted by Gasteiger charge is 2.04. The fourth-order valence-corrected chi connectivity index (χ4v) is 2.48. The number of nitrogens with two attached hydrogens (primary N) is 1. The lowest BCUT2D eigenvalue weighted by Gasteiger charge is -2.07. The van der Waals surface area contributed by atoms with E-state index in [9.17, 15) is 9.90 Å². The Morgan fingerprint density at radius 2 is 2.05 bits per heavy atom. The molecule has 0 bridgehead atoms. The molecule has 5 nitrogen and oxygen atoms in total. The van der Waals surface area contributed by atoms with Crippen LogP contribution in [0.15, 0.2) is 53.4 Å². The van der Waals surface area contributed by atoms with E-state index < -0.39 is 0 Å². The molecule has 0 fully saturated rings. The quantitative estimate of drug-likeness (QED) is 0.250. The van der Waals surface area contributed by atoms with Gasteiger partial charge < -0.3 is 9.84 Å². The number of nitrogen functional groups attached to an aromatic ring is 1. The summed E-state index contributed by atoms with van der Waals surface area (Å²) in [5.74, 6) is 6.34. The minimum absolute atomic E-state index is 0.251. The second-order valence-corrected chi connectivity index (χ2v) is 5.36. The second kappa shape index (κ2) is 7.56. The molecule has 0 spiro atoms. The zero-order valence-electron chi connectivity index (χ0n) is 11.3. The zero-order chi connectivity index (χ0) is 15.1. The number of amides is 1. The van der Waals surface area contributed by atoms with Crippen LogP contribution in [0.5, 0.6) is 11.5 Å². The first-order valence-corrected chi connectivity index (χ1v) is 7.33. The molecule has 2 rings (SSSR count). The maximum absolute atomic E-state index is 11.4. The van der Waals surface area contributed by atoms with Crippen molar-refractivity contribution in [1.29, 1.82) is 0 Å². The van der Waals surface area contributed by atoms with E-state index in [0.717, 1.165) is 10.6 Å². The van der Waals surface area contributed by atoms with E-state index in [1.165, 1.54) is 0 Å². The number of hydrogen-bond acceptors (Lipinski definition) is 5. The van der Waals surface area contributed by atoms with Crippen molar-refractivity contribution >= 4 is 17.7 Å². The van der Waals surface area contributed by atoms with Crippen molar-refractivity contribution in [2.24, 2.45) is 5.84 Å². The van der Waals surface area contributed by atoms with Crippen LogP contribution in [0.3, 0.4) is 0 Å². The number of benzene rings is 2. The van der Waals surface area contributed by atoms with Crippen LogP contribution >= 0.6 is 11.8 Å². The summed E-state index contributed by atoms with van der Waals surface area (Å²) in [5.41, 5.74) is 2.53. The van der Waals surface area contributed by atoms with Crippen molar-refractivity contribution in [3.63, 3.8) is 0 Å². The van der Waals surface area contributed by atoms with Crippen LogP contribution in [-0.2, 0) is 0 Å². The molecule has 0 radical (unpaired) electrons. The molecule has 2 aromatic carbocycles. The van der Waals surface area contributed by atoms with E-state index in [1.807, 2.05) is 6.07 Å². The third kappa shape index (κ3) is 4.70. The maximum atomic E-state index is 11.4. The van der Waals surface area contributed by atoms with Crippen molar-refractivity contribution in [2.45, 2.75) is 4.90 Å². The van der Waals surface area contributed by atoms with Gasteiger partial charge in [0.15, 0.2) is 0 Å². The Balaban J connectivity index is 1.82. The van der Waals surface area contributed by atoms with E-state index in [-0.39, 0.29) is 11.7 Å². The first kappa shape index (κ1) is 15.2. The first-order chi connectivity index (χ1) is 10.2. The summed E-state index contributed by atoms with van der Waals surface area (Å²) in [4.78, 5) is 12.4. The number of thioether (sulfide) groups is 1. The number of nitrogens with one attached hydrogen (secondary N) is 1. The average Bonchev–Trinajstić information content (AvgIpc) is 2.51. The van der Waals surface area contributed by atoms with Crippen LogP contribution in [0, 0.1) is 0 Å². The molecule has 0 saturated heterocycles. The highest BCUT2D eigenvalue weighted by Crippen LogP contribution is 2.22. The van der Waals surface area contributed by atoms with Gasteiger partial charge in [-0.1, -0.05) is 12.1 Å². The first-order valence-electron chi connectivity index (χ1n) is 6.34. The minimum atomic E-state index is -0.352. The Labute approximate surface area is 127 Å². The van der Waals surface area contributed by atoms with Gasteiger partial charge in [-0.05, 0) is 36.4 Å². The third-order valence-corrected chi connectivity index (χ3v) is 3.62. The van der Waals surface area contributed by atoms with E-state index in [0.29, 0.717) is 17.9 Å². The number of hydrazine groups is 1. The third-order valence-electron chi connectivity index (χ3n) is 2.67. The monoisotopic (exact) mass is 304 g/mol. The van der Waals surface area contributed by atoms with Gasteiger partial charge in [-0.15, -0.1) is 11.8 Å². The highest BCUT2D eigenvalue weighted by molar-refractivity contribution is 7.99. The number of carbonyl (C=O) groups is 1. The largest absolute Gasteiger partial charge is 0.508 e. The van der Waals surface area contributed by atoms with E-state index in [1.54, 1.807) is 54.2 Å². The molecular weight excluding hydrogens is 288 g/mol. The highest BCUT2D eigenvalue weighted by atomic mass is 32.2. The fourth-order valence-electron chi connectivity index (χ4n) is 1.70. The number of phenolic OH excluding ortho intramolecular Hbond substituents is 1. The lowest BCUT2D eigenvalue weighted by molar-refractivity contribution is 0.0953. The van der Waals surface area contributed by atoms with Gasteiger partial charge in [0.05, 0.1) is 6.61 Å². The molecule has 0 aromatic heterocycles. The standard InChI is InChI=1S/C15H16N2O3S/c16-17-15(19)11-3-1-5-13(9-11)20-7-8-21-14-6-2-4-12(18)10-14/h1-6,9-10,18H,7-8,16H2,(H,17,19). The zero-order valence-corrected chi connectivity index (χ0v) is 12.1. The minimum Gasteiger partial charge on any atom is -0.508 e. The summed E-state index contributed by atoms with van der Waals surface area (Å²) in [6.07, 6.45) is 0. The van der Waals surface area contributed by atoms with Crippen LogP contribution in [0.2, 0.25) is 0 Å². The Bertz CT molecular complexity index is 619. The van der Waals surface area contributed by atoms with Crippen molar-refractivity contribution in [1.82, 2.24) is 5.43 Å². The van der Waals surface area contributed by atoms with E-state index >= 15 is 0 Å². The van der Waals surface area contributed by atoms with Gasteiger partial charge in [-0.25, -0.2) is 5.84 Å².